The molecular weight excluding hydrogens is 361 g/mol. The van der Waals surface area contributed by atoms with Gasteiger partial charge < -0.3 is 15.7 Å². The third-order valence-corrected chi connectivity index (χ3v) is 5.35. The molecular formula is C14H19ClFN3O4S. The summed E-state index contributed by atoms with van der Waals surface area (Å²) >= 11 is 0. The van der Waals surface area contributed by atoms with Crippen LogP contribution in [0.15, 0.2) is 23.1 Å². The molecule has 1 aromatic carbocycles. The number of benzene rings is 1. The van der Waals surface area contributed by atoms with Gasteiger partial charge in [-0.25, -0.2) is 17.5 Å². The lowest BCUT2D eigenvalue weighted by Crippen LogP contribution is -2.35. The van der Waals surface area contributed by atoms with Crippen molar-refractivity contribution in [3.8, 4) is 0 Å². The number of carbonyl (C=O) groups is 1. The van der Waals surface area contributed by atoms with Gasteiger partial charge in [0.2, 0.25) is 15.9 Å². The molecule has 0 aromatic heterocycles. The summed E-state index contributed by atoms with van der Waals surface area (Å²) in [6.45, 7) is 0.326. The van der Waals surface area contributed by atoms with Crippen molar-refractivity contribution in [1.82, 2.24) is 10.0 Å². The third-order valence-electron chi connectivity index (χ3n) is 3.81. The van der Waals surface area contributed by atoms with E-state index in [4.69, 9.17) is 0 Å². The van der Waals surface area contributed by atoms with E-state index in [1.165, 1.54) is 6.07 Å². The number of hydrogen-bond donors (Lipinski definition) is 4. The molecule has 1 aliphatic carbocycles. The Morgan fingerprint density at radius 1 is 1.33 bits per heavy atom. The molecule has 1 aliphatic heterocycles. The van der Waals surface area contributed by atoms with Gasteiger partial charge in [0.05, 0.1) is 12.1 Å². The highest BCUT2D eigenvalue weighted by Crippen LogP contribution is 2.25. The molecule has 134 valence electrons. The summed E-state index contributed by atoms with van der Waals surface area (Å²) in [5.74, 6) is -1.27. The van der Waals surface area contributed by atoms with Crippen LogP contribution in [0.5, 0.6) is 0 Å². The summed E-state index contributed by atoms with van der Waals surface area (Å²) in [5, 5.41) is 14.8. The number of halogens is 2. The molecule has 2 aliphatic rings. The number of carbonyl (C=O) groups excluding carboxylic acids is 1. The predicted molar refractivity (Wildman–Crippen MR) is 88.0 cm³/mol. The van der Waals surface area contributed by atoms with E-state index >= 15 is 0 Å². The maximum Gasteiger partial charge on any atom is 0.243 e. The van der Waals surface area contributed by atoms with E-state index < -0.39 is 38.8 Å². The first kappa shape index (κ1) is 19.1. The van der Waals surface area contributed by atoms with Gasteiger partial charge in [0.1, 0.15) is 10.7 Å². The highest BCUT2D eigenvalue weighted by atomic mass is 35.5. The summed E-state index contributed by atoms with van der Waals surface area (Å²) in [6.07, 6.45) is 1.18. The lowest BCUT2D eigenvalue weighted by Gasteiger charge is -2.13. The van der Waals surface area contributed by atoms with Crippen molar-refractivity contribution in [3.63, 3.8) is 0 Å². The largest absolute Gasteiger partial charge is 0.392 e. The normalized spacial score (nSPS) is 23.6. The van der Waals surface area contributed by atoms with Gasteiger partial charge in [-0.3, -0.25) is 4.79 Å². The molecule has 0 bridgehead atoms. The summed E-state index contributed by atoms with van der Waals surface area (Å²) in [7, 11) is -3.95. The number of amides is 1. The number of aliphatic hydroxyl groups is 1. The summed E-state index contributed by atoms with van der Waals surface area (Å²) in [5.41, 5.74) is 0.191. The van der Waals surface area contributed by atoms with E-state index in [-0.39, 0.29) is 30.6 Å². The van der Waals surface area contributed by atoms with Crippen LogP contribution >= 0.6 is 12.4 Å². The molecule has 24 heavy (non-hydrogen) atoms. The number of β-amino-alcohol motifs (C(OH)–C–C–N with tert-alkyl or cyclic N) is 1. The van der Waals surface area contributed by atoms with Crippen molar-refractivity contribution in [1.29, 1.82) is 0 Å². The van der Waals surface area contributed by atoms with E-state index in [0.717, 1.165) is 25.0 Å². The number of sulfonamides is 1. The third kappa shape index (κ3) is 4.42. The number of aliphatic hydroxyl groups excluding tert-OH is 1. The molecule has 1 heterocycles. The van der Waals surface area contributed by atoms with Gasteiger partial charge >= 0.3 is 0 Å². The molecule has 2 fully saturated rings. The van der Waals surface area contributed by atoms with Crippen molar-refractivity contribution in [2.24, 2.45) is 0 Å². The Labute approximate surface area is 145 Å². The van der Waals surface area contributed by atoms with Crippen molar-refractivity contribution >= 4 is 34.0 Å². The average molecular weight is 380 g/mol. The Hall–Kier alpha value is -1.26. The topological polar surface area (TPSA) is 108 Å². The van der Waals surface area contributed by atoms with E-state index in [1.54, 1.807) is 0 Å². The Balaban J connectivity index is 0.00000208. The minimum atomic E-state index is -3.95. The van der Waals surface area contributed by atoms with Crippen LogP contribution in [-0.4, -0.2) is 44.2 Å². The number of rotatable bonds is 5. The van der Waals surface area contributed by atoms with E-state index in [2.05, 4.69) is 15.4 Å². The molecule has 1 aromatic rings. The van der Waals surface area contributed by atoms with Gasteiger partial charge in [-0.05, 0) is 37.5 Å². The lowest BCUT2D eigenvalue weighted by atomic mass is 10.2. The maximum absolute atomic E-state index is 13.8. The summed E-state index contributed by atoms with van der Waals surface area (Å²) in [6, 6.07) is 2.72. The van der Waals surface area contributed by atoms with E-state index in [9.17, 15) is 22.7 Å². The molecule has 0 spiro atoms. The van der Waals surface area contributed by atoms with Crippen molar-refractivity contribution in [3.05, 3.63) is 24.0 Å². The minimum Gasteiger partial charge on any atom is -0.392 e. The molecule has 1 saturated carbocycles. The molecule has 4 N–H and O–H groups in total. The molecule has 3 rings (SSSR count). The molecule has 7 nitrogen and oxygen atoms in total. The maximum atomic E-state index is 13.8. The van der Waals surface area contributed by atoms with E-state index in [1.807, 2.05) is 0 Å². The monoisotopic (exact) mass is 379 g/mol. The van der Waals surface area contributed by atoms with Gasteiger partial charge in [0.15, 0.2) is 0 Å². The van der Waals surface area contributed by atoms with Crippen LogP contribution in [0.25, 0.3) is 0 Å². The molecule has 2 unspecified atom stereocenters. The Bertz CT molecular complexity index is 727. The second-order valence-corrected chi connectivity index (χ2v) is 7.56. The fourth-order valence-corrected chi connectivity index (χ4v) is 3.83. The van der Waals surface area contributed by atoms with Crippen molar-refractivity contribution in [2.75, 3.05) is 11.9 Å². The lowest BCUT2D eigenvalue weighted by molar-refractivity contribution is -0.117. The first-order valence-corrected chi connectivity index (χ1v) is 8.87. The highest BCUT2D eigenvalue weighted by Gasteiger charge is 2.31. The minimum absolute atomic E-state index is 0. The molecule has 10 heteroatoms. The second-order valence-electron chi connectivity index (χ2n) is 5.88. The van der Waals surface area contributed by atoms with Crippen LogP contribution in [-0.2, 0) is 14.8 Å². The first-order chi connectivity index (χ1) is 10.8. The Kier molecular flexibility index (Phi) is 5.82. The summed E-state index contributed by atoms with van der Waals surface area (Å²) < 4.78 is 40.5. The quantitative estimate of drug-likeness (QED) is 0.590. The molecule has 1 amide bonds. The number of anilines is 1. The Morgan fingerprint density at radius 3 is 2.62 bits per heavy atom. The highest BCUT2D eigenvalue weighted by molar-refractivity contribution is 7.89. The van der Waals surface area contributed by atoms with Crippen LogP contribution < -0.4 is 15.4 Å². The van der Waals surface area contributed by atoms with Gasteiger partial charge in [-0.1, -0.05) is 0 Å². The van der Waals surface area contributed by atoms with Crippen LogP contribution in [0, 0.1) is 5.82 Å². The van der Waals surface area contributed by atoms with Gasteiger partial charge in [-0.2, -0.15) is 0 Å². The Morgan fingerprint density at radius 2 is 2.04 bits per heavy atom. The fraction of sp³-hybridized carbons (Fsp3) is 0.500. The standard InChI is InChI=1S/C14H18FN3O4S.ClH/c15-11-4-3-9(17-14(20)12-6-10(19)7-16-12)5-13(11)23(21,22)18-8-1-2-8;/h3-5,8,10,12,16,18-19H,1-2,6-7H2,(H,17,20);1H. The van der Waals surface area contributed by atoms with E-state index in [0.29, 0.717) is 6.54 Å². The molecule has 0 radical (unpaired) electrons. The van der Waals surface area contributed by atoms with Crippen LogP contribution in [0.4, 0.5) is 10.1 Å². The van der Waals surface area contributed by atoms with Crippen molar-refractivity contribution in [2.45, 2.75) is 42.3 Å². The average Bonchev–Trinajstić information content (AvgIpc) is 3.17. The van der Waals surface area contributed by atoms with Crippen LogP contribution in [0.1, 0.15) is 19.3 Å². The van der Waals surface area contributed by atoms with Crippen molar-refractivity contribution < 1.29 is 22.7 Å². The smallest absolute Gasteiger partial charge is 0.243 e. The first-order valence-electron chi connectivity index (χ1n) is 7.39. The van der Waals surface area contributed by atoms with Gasteiger partial charge in [0, 0.05) is 18.3 Å². The zero-order valence-corrected chi connectivity index (χ0v) is 14.3. The molecule has 2 atom stereocenters. The summed E-state index contributed by atoms with van der Waals surface area (Å²) in [4.78, 5) is 11.6. The van der Waals surface area contributed by atoms with Gasteiger partial charge in [-0.15, -0.1) is 12.4 Å². The fourth-order valence-electron chi connectivity index (χ4n) is 2.42. The predicted octanol–water partition coefficient (Wildman–Crippen LogP) is 0.349. The van der Waals surface area contributed by atoms with Crippen LogP contribution in [0.2, 0.25) is 0 Å². The molecule has 1 saturated heterocycles. The zero-order chi connectivity index (χ0) is 16.6. The number of hydrogen-bond acceptors (Lipinski definition) is 5. The zero-order valence-electron chi connectivity index (χ0n) is 12.7. The van der Waals surface area contributed by atoms with Crippen LogP contribution in [0.3, 0.4) is 0 Å². The number of nitrogens with one attached hydrogen (secondary N) is 3. The second kappa shape index (κ2) is 7.32. The van der Waals surface area contributed by atoms with Gasteiger partial charge in [0.25, 0.3) is 0 Å². The SMILES string of the molecule is Cl.O=C(Nc1ccc(F)c(S(=O)(=O)NC2CC2)c1)C1CC(O)CN1.